The molecule has 0 aliphatic carbocycles. The van der Waals surface area contributed by atoms with Crippen LogP contribution in [0.5, 0.6) is 0 Å². The lowest BCUT2D eigenvalue weighted by atomic mass is 10.0. The summed E-state index contributed by atoms with van der Waals surface area (Å²) in [5.74, 6) is -0.476. The highest BCUT2D eigenvalue weighted by Gasteiger charge is 2.06. The monoisotopic (exact) mass is 279 g/mol. The molecule has 0 N–H and O–H groups in total. The van der Waals surface area contributed by atoms with Crippen LogP contribution in [0, 0.1) is 17.1 Å². The zero-order valence-electron chi connectivity index (χ0n) is 9.25. The summed E-state index contributed by atoms with van der Waals surface area (Å²) in [6.45, 7) is 0. The Morgan fingerprint density at radius 2 is 1.83 bits per heavy atom. The van der Waals surface area contributed by atoms with Gasteiger partial charge < -0.3 is 0 Å². The van der Waals surface area contributed by atoms with E-state index in [4.69, 9.17) is 28.5 Å². The van der Waals surface area contributed by atoms with Crippen molar-refractivity contribution in [3.8, 4) is 17.2 Å². The van der Waals surface area contributed by atoms with Gasteiger partial charge >= 0.3 is 0 Å². The van der Waals surface area contributed by atoms with E-state index in [2.05, 4.69) is 6.07 Å². The topological polar surface area (TPSA) is 23.8 Å². The van der Waals surface area contributed by atoms with Crippen LogP contribution >= 0.6 is 23.2 Å². The molecule has 0 aliphatic heterocycles. The number of hydrogen-bond donors (Lipinski definition) is 0. The smallest absolute Gasteiger partial charge is 0.142 e. The molecule has 0 aromatic heterocycles. The Hall–Kier alpha value is -1.56. The molecule has 0 bridgehead atoms. The van der Waals surface area contributed by atoms with E-state index >= 15 is 0 Å². The van der Waals surface area contributed by atoms with E-state index in [1.54, 1.807) is 18.2 Å². The Labute approximate surface area is 114 Å². The first-order valence-corrected chi connectivity index (χ1v) is 5.97. The average Bonchev–Trinajstić information content (AvgIpc) is 2.32. The number of halogens is 3. The molecule has 0 radical (unpaired) electrons. The van der Waals surface area contributed by atoms with Crippen molar-refractivity contribution in [2.24, 2.45) is 0 Å². The molecule has 0 saturated heterocycles. The summed E-state index contributed by atoms with van der Waals surface area (Å²) in [7, 11) is 0. The summed E-state index contributed by atoms with van der Waals surface area (Å²) < 4.78 is 13.4. The maximum Gasteiger partial charge on any atom is 0.142 e. The fraction of sp³-hybridized carbons (Fsp3) is 0.0714. The Bertz CT molecular complexity index is 632. The van der Waals surface area contributed by atoms with Crippen molar-refractivity contribution in [2.45, 2.75) is 6.42 Å². The molecule has 2 aromatic carbocycles. The van der Waals surface area contributed by atoms with Gasteiger partial charge in [0.05, 0.1) is 17.5 Å². The summed E-state index contributed by atoms with van der Waals surface area (Å²) in [6, 6.07) is 11.9. The van der Waals surface area contributed by atoms with Gasteiger partial charge in [0.15, 0.2) is 0 Å². The van der Waals surface area contributed by atoms with E-state index in [1.165, 1.54) is 12.1 Å². The van der Waals surface area contributed by atoms with Crippen molar-refractivity contribution in [1.82, 2.24) is 0 Å². The van der Waals surface area contributed by atoms with Crippen molar-refractivity contribution in [1.29, 1.82) is 5.26 Å². The van der Waals surface area contributed by atoms with Crippen molar-refractivity contribution < 1.29 is 4.39 Å². The second-order valence-corrected chi connectivity index (χ2v) is 4.66. The molecule has 4 heteroatoms. The minimum Gasteiger partial charge on any atom is -0.205 e. The van der Waals surface area contributed by atoms with E-state index in [0.717, 1.165) is 11.1 Å². The molecular formula is C14H8Cl2FN. The van der Waals surface area contributed by atoms with Crippen LogP contribution in [0.25, 0.3) is 11.1 Å². The quantitative estimate of drug-likeness (QED) is 0.770. The van der Waals surface area contributed by atoms with Gasteiger partial charge in [-0.3, -0.25) is 0 Å². The van der Waals surface area contributed by atoms with Gasteiger partial charge in [-0.25, -0.2) is 4.39 Å². The number of nitrogens with zero attached hydrogens (tertiary/aromatic N) is 1. The molecule has 0 fully saturated rings. The zero-order chi connectivity index (χ0) is 13.1. The SMILES string of the molecule is N#CCc1cc(Cl)cc(-c2ccc(Cl)c(F)c2)c1. The fourth-order valence-corrected chi connectivity index (χ4v) is 2.06. The average molecular weight is 280 g/mol. The van der Waals surface area contributed by atoms with E-state index in [0.29, 0.717) is 10.6 Å². The zero-order valence-corrected chi connectivity index (χ0v) is 10.8. The lowest BCUT2D eigenvalue weighted by molar-refractivity contribution is 0.629. The Balaban J connectivity index is 2.50. The Morgan fingerprint density at radius 3 is 2.50 bits per heavy atom. The van der Waals surface area contributed by atoms with Gasteiger partial charge in [0.2, 0.25) is 0 Å². The molecule has 90 valence electrons. The van der Waals surface area contributed by atoms with Crippen LogP contribution < -0.4 is 0 Å². The number of benzene rings is 2. The van der Waals surface area contributed by atoms with Gasteiger partial charge in [0, 0.05) is 5.02 Å². The lowest BCUT2D eigenvalue weighted by Crippen LogP contribution is -1.86. The summed E-state index contributed by atoms with van der Waals surface area (Å²) in [6.07, 6.45) is 0.267. The van der Waals surface area contributed by atoms with Crippen molar-refractivity contribution >= 4 is 23.2 Å². The highest BCUT2D eigenvalue weighted by atomic mass is 35.5. The third kappa shape index (κ3) is 2.81. The van der Waals surface area contributed by atoms with Crippen LogP contribution in [-0.2, 0) is 6.42 Å². The maximum absolute atomic E-state index is 13.4. The third-order valence-corrected chi connectivity index (χ3v) is 3.02. The molecule has 0 saturated carbocycles. The minimum absolute atomic E-state index is 0.0815. The molecule has 1 nitrogen and oxygen atoms in total. The maximum atomic E-state index is 13.4. The normalized spacial score (nSPS) is 10.1. The second kappa shape index (κ2) is 5.39. The Morgan fingerprint density at radius 1 is 1.06 bits per heavy atom. The van der Waals surface area contributed by atoms with Gasteiger partial charge in [0.1, 0.15) is 5.82 Å². The van der Waals surface area contributed by atoms with Crippen LogP contribution in [0.3, 0.4) is 0 Å². The van der Waals surface area contributed by atoms with Crippen LogP contribution in [0.15, 0.2) is 36.4 Å². The number of hydrogen-bond acceptors (Lipinski definition) is 1. The van der Waals surface area contributed by atoms with Gasteiger partial charge in [-0.2, -0.15) is 5.26 Å². The first kappa shape index (κ1) is 12.9. The Kier molecular flexibility index (Phi) is 3.86. The van der Waals surface area contributed by atoms with E-state index in [9.17, 15) is 4.39 Å². The second-order valence-electron chi connectivity index (χ2n) is 3.81. The van der Waals surface area contributed by atoms with Crippen molar-refractivity contribution in [3.63, 3.8) is 0 Å². The molecule has 0 aliphatic rings. The number of rotatable bonds is 2. The van der Waals surface area contributed by atoms with E-state index in [-0.39, 0.29) is 11.4 Å². The predicted molar refractivity (Wildman–Crippen MR) is 71.2 cm³/mol. The van der Waals surface area contributed by atoms with Crippen LogP contribution in [0.1, 0.15) is 5.56 Å². The fourth-order valence-electron chi connectivity index (χ4n) is 1.69. The summed E-state index contributed by atoms with van der Waals surface area (Å²) in [5.41, 5.74) is 2.25. The van der Waals surface area contributed by atoms with E-state index < -0.39 is 5.82 Å². The molecule has 2 rings (SSSR count). The first-order chi connectivity index (χ1) is 8.60. The van der Waals surface area contributed by atoms with Crippen molar-refractivity contribution in [3.05, 3.63) is 57.8 Å². The molecule has 0 amide bonds. The van der Waals surface area contributed by atoms with Crippen LogP contribution in [0.2, 0.25) is 10.0 Å². The predicted octanol–water partition coefficient (Wildman–Crippen LogP) is 4.87. The minimum atomic E-state index is -0.476. The van der Waals surface area contributed by atoms with Gasteiger partial charge in [0.25, 0.3) is 0 Å². The number of nitriles is 1. The molecule has 0 spiro atoms. The highest BCUT2D eigenvalue weighted by Crippen LogP contribution is 2.27. The first-order valence-electron chi connectivity index (χ1n) is 5.22. The molecule has 0 heterocycles. The summed E-state index contributed by atoms with van der Waals surface area (Å²) in [5, 5.41) is 9.28. The molecule has 2 aromatic rings. The standard InChI is InChI=1S/C14H8Cl2FN/c15-12-6-9(3-4-18)5-11(7-12)10-1-2-13(16)14(17)8-10/h1-2,5-8H,3H2. The molecular weight excluding hydrogens is 272 g/mol. The van der Waals surface area contributed by atoms with E-state index in [1.807, 2.05) is 6.07 Å². The van der Waals surface area contributed by atoms with Gasteiger partial charge in [-0.15, -0.1) is 0 Å². The van der Waals surface area contributed by atoms with Crippen molar-refractivity contribution in [2.75, 3.05) is 0 Å². The highest BCUT2D eigenvalue weighted by molar-refractivity contribution is 6.31. The largest absolute Gasteiger partial charge is 0.205 e. The molecule has 0 unspecified atom stereocenters. The van der Waals surface area contributed by atoms with Gasteiger partial charge in [-0.05, 0) is 41.0 Å². The van der Waals surface area contributed by atoms with Gasteiger partial charge in [-0.1, -0.05) is 35.3 Å². The summed E-state index contributed by atoms with van der Waals surface area (Å²) in [4.78, 5) is 0. The lowest BCUT2D eigenvalue weighted by Gasteiger charge is -2.06. The summed E-state index contributed by atoms with van der Waals surface area (Å²) >= 11 is 11.6. The third-order valence-electron chi connectivity index (χ3n) is 2.49. The van der Waals surface area contributed by atoms with Crippen LogP contribution in [-0.4, -0.2) is 0 Å². The molecule has 0 atom stereocenters. The molecule has 18 heavy (non-hydrogen) atoms. The van der Waals surface area contributed by atoms with Crippen LogP contribution in [0.4, 0.5) is 4.39 Å².